The predicted octanol–water partition coefficient (Wildman–Crippen LogP) is 14.7. The average molecular weight is 943 g/mol. The second-order valence-electron chi connectivity index (χ2n) is 16.9. The van der Waals surface area contributed by atoms with E-state index in [2.05, 4.69) is 67.5 Å². The molecule has 0 amide bonds. The van der Waals surface area contributed by atoms with Gasteiger partial charge in [-0.2, -0.15) is 0 Å². The molecule has 0 spiro atoms. The van der Waals surface area contributed by atoms with Crippen molar-refractivity contribution in [3.05, 3.63) is 130 Å². The van der Waals surface area contributed by atoms with Crippen LogP contribution in [0.3, 0.4) is 0 Å². The number of Topliss-reactive ketones (excluding diaryl/α,β-unsaturated/α-hetero) is 1. The molecule has 0 bridgehead atoms. The van der Waals surface area contributed by atoms with Crippen LogP contribution in [0.25, 0.3) is 0 Å². The van der Waals surface area contributed by atoms with Gasteiger partial charge >= 0.3 is 5.97 Å². The van der Waals surface area contributed by atoms with Crippen LogP contribution in [-0.4, -0.2) is 73.7 Å². The van der Waals surface area contributed by atoms with Gasteiger partial charge in [-0.1, -0.05) is 107 Å². The van der Waals surface area contributed by atoms with E-state index < -0.39 is 5.97 Å². The average Bonchev–Trinajstić information content (AvgIpc) is 3.33. The van der Waals surface area contributed by atoms with E-state index in [0.29, 0.717) is 63.9 Å². The molecular formula is C57H82O11. The van der Waals surface area contributed by atoms with E-state index in [1.165, 1.54) is 22.3 Å². The van der Waals surface area contributed by atoms with Gasteiger partial charge in [0.1, 0.15) is 28.7 Å². The predicted molar refractivity (Wildman–Crippen MR) is 279 cm³/mol. The first-order valence-electron chi connectivity index (χ1n) is 22.4. The first kappa shape index (κ1) is 61.6. The van der Waals surface area contributed by atoms with Crippen LogP contribution >= 0.6 is 0 Å². The van der Waals surface area contributed by atoms with Crippen molar-refractivity contribution < 1.29 is 52.6 Å². The number of carbonyl (C=O) groups is 2. The molecule has 0 fully saturated rings. The van der Waals surface area contributed by atoms with Crippen molar-refractivity contribution in [1.29, 1.82) is 0 Å². The third kappa shape index (κ3) is 19.5. The lowest BCUT2D eigenvalue weighted by Gasteiger charge is -2.15. The number of hydrogen-bond donors (Lipinski definition) is 1. The SMILES string of the molecule is C.COc1cc(C(=O)O)ccc1C(C)C.COc1cc(C(C)C)cc(OC)c1OC.COc1cc(C(C)C)ccc1C(C)=O.COc1ccc(C(C)C)c(OC)c1.COc1ccc(C(C)C)cc1. The molecule has 0 heterocycles. The van der Waals surface area contributed by atoms with Crippen molar-refractivity contribution in [2.45, 2.75) is 113 Å². The normalized spacial score (nSPS) is 10.1. The van der Waals surface area contributed by atoms with Crippen molar-refractivity contribution in [3.8, 4) is 46.0 Å². The van der Waals surface area contributed by atoms with Gasteiger partial charge in [0, 0.05) is 6.07 Å². The molecule has 11 nitrogen and oxygen atoms in total. The molecule has 376 valence electrons. The van der Waals surface area contributed by atoms with Gasteiger partial charge in [0.2, 0.25) is 5.75 Å². The minimum absolute atomic E-state index is 0. The van der Waals surface area contributed by atoms with E-state index in [1.807, 2.05) is 74.5 Å². The third-order valence-corrected chi connectivity index (χ3v) is 10.6. The summed E-state index contributed by atoms with van der Waals surface area (Å²) < 4.78 is 41.5. The molecular weight excluding hydrogens is 861 g/mol. The van der Waals surface area contributed by atoms with Crippen LogP contribution < -0.4 is 37.9 Å². The number of rotatable bonds is 15. The smallest absolute Gasteiger partial charge is 0.335 e. The summed E-state index contributed by atoms with van der Waals surface area (Å²) in [6.45, 7) is 22.8. The largest absolute Gasteiger partial charge is 0.497 e. The topological polar surface area (TPSA) is 128 Å². The zero-order valence-corrected chi connectivity index (χ0v) is 43.6. The first-order chi connectivity index (χ1) is 31.7. The summed E-state index contributed by atoms with van der Waals surface area (Å²) in [4.78, 5) is 21.9. The summed E-state index contributed by atoms with van der Waals surface area (Å²) in [5.74, 6) is 7.41. The lowest BCUT2D eigenvalue weighted by atomic mass is 10.00. The highest BCUT2D eigenvalue weighted by atomic mass is 16.5. The Kier molecular flexibility index (Phi) is 28.6. The zero-order chi connectivity index (χ0) is 51.0. The highest BCUT2D eigenvalue weighted by Gasteiger charge is 2.15. The van der Waals surface area contributed by atoms with Crippen molar-refractivity contribution >= 4 is 11.8 Å². The number of ketones is 1. The van der Waals surface area contributed by atoms with Crippen LogP contribution in [0.5, 0.6) is 46.0 Å². The third-order valence-electron chi connectivity index (χ3n) is 10.6. The molecule has 1 N–H and O–H groups in total. The molecule has 0 saturated carbocycles. The molecule has 5 aromatic carbocycles. The van der Waals surface area contributed by atoms with Crippen LogP contribution in [0, 0.1) is 0 Å². The van der Waals surface area contributed by atoms with Crippen molar-refractivity contribution in [2.75, 3.05) is 56.9 Å². The van der Waals surface area contributed by atoms with Gasteiger partial charge in [-0.15, -0.1) is 0 Å². The molecule has 0 aliphatic rings. The number of carboxylic acids is 1. The van der Waals surface area contributed by atoms with E-state index in [9.17, 15) is 9.59 Å². The number of benzene rings is 5. The number of carboxylic acid groups (broad SMARTS) is 1. The second kappa shape index (κ2) is 31.6. The van der Waals surface area contributed by atoms with Gasteiger partial charge in [0.15, 0.2) is 17.3 Å². The second-order valence-corrected chi connectivity index (χ2v) is 16.9. The Labute approximate surface area is 409 Å². The fraction of sp³-hybridized carbons (Fsp3) is 0.439. The molecule has 11 heteroatoms. The van der Waals surface area contributed by atoms with Crippen LogP contribution in [-0.2, 0) is 0 Å². The number of ether oxygens (including phenoxy) is 8. The van der Waals surface area contributed by atoms with Gasteiger partial charge < -0.3 is 43.0 Å². The minimum Gasteiger partial charge on any atom is -0.497 e. The molecule has 0 radical (unpaired) electrons. The number of aromatic carboxylic acids is 1. The monoisotopic (exact) mass is 943 g/mol. The minimum atomic E-state index is -0.932. The van der Waals surface area contributed by atoms with E-state index in [4.69, 9.17) is 43.0 Å². The number of carbonyl (C=O) groups excluding carboxylic acids is 1. The Morgan fingerprint density at radius 2 is 0.794 bits per heavy atom. The quantitative estimate of drug-likeness (QED) is 0.101. The van der Waals surface area contributed by atoms with Gasteiger partial charge in [0.05, 0.1) is 68.0 Å². The Morgan fingerprint density at radius 1 is 0.397 bits per heavy atom. The Bertz CT molecular complexity index is 2210. The summed E-state index contributed by atoms with van der Waals surface area (Å²) in [5.41, 5.74) is 6.85. The zero-order valence-electron chi connectivity index (χ0n) is 43.6. The van der Waals surface area contributed by atoms with Gasteiger partial charge in [0.25, 0.3) is 0 Å². The van der Waals surface area contributed by atoms with E-state index in [1.54, 1.807) is 82.0 Å². The van der Waals surface area contributed by atoms with Gasteiger partial charge in [-0.3, -0.25) is 4.79 Å². The standard InChI is InChI=1S/C12H18O3.C12H16O2.C11H14O3.C11H16O2.C10H14O.CH4/c1-8(2)9-6-10(13-3)12(15-5)11(7-9)14-4;1-8(2)10-5-6-11(9(3)13)12(7-10)14-4;1-7(2)9-5-4-8(11(12)13)6-10(9)14-3;1-8(2)10-6-5-9(12-3)7-11(10)13-4;1-8(2)9-4-6-10(11-3)7-5-9;/h6-8H,1-5H3;5-8H,1-4H3;4-7H,1-3H3,(H,12,13);5-8H,1-4H3;4-8H,1-3H3;1H4. The van der Waals surface area contributed by atoms with Crippen LogP contribution in [0.1, 0.15) is 162 Å². The van der Waals surface area contributed by atoms with Crippen molar-refractivity contribution in [1.82, 2.24) is 0 Å². The molecule has 68 heavy (non-hydrogen) atoms. The molecule has 0 aliphatic heterocycles. The summed E-state index contributed by atoms with van der Waals surface area (Å²) in [5, 5.41) is 8.78. The lowest BCUT2D eigenvalue weighted by molar-refractivity contribution is 0.0696. The summed E-state index contributed by atoms with van der Waals surface area (Å²) in [6, 6.07) is 28.7. The fourth-order valence-corrected chi connectivity index (χ4v) is 6.40. The van der Waals surface area contributed by atoms with Gasteiger partial charge in [-0.05, 0) is 119 Å². The summed E-state index contributed by atoms with van der Waals surface area (Å²) >= 11 is 0. The molecule has 0 aliphatic carbocycles. The highest BCUT2D eigenvalue weighted by molar-refractivity contribution is 5.96. The van der Waals surface area contributed by atoms with Crippen molar-refractivity contribution in [3.63, 3.8) is 0 Å². The molecule has 0 unspecified atom stereocenters. The Hall–Kier alpha value is -6.36. The summed E-state index contributed by atoms with van der Waals surface area (Å²) in [6.07, 6.45) is 0. The van der Waals surface area contributed by atoms with E-state index in [0.717, 1.165) is 22.8 Å². The van der Waals surface area contributed by atoms with Crippen molar-refractivity contribution in [2.24, 2.45) is 0 Å². The first-order valence-corrected chi connectivity index (χ1v) is 22.4. The maximum absolute atomic E-state index is 11.2. The van der Waals surface area contributed by atoms with E-state index in [-0.39, 0.29) is 18.8 Å². The maximum Gasteiger partial charge on any atom is 0.335 e. The van der Waals surface area contributed by atoms with Crippen LogP contribution in [0.15, 0.2) is 91.0 Å². The molecule has 0 aromatic heterocycles. The summed E-state index contributed by atoms with van der Waals surface area (Å²) in [7, 11) is 13.0. The Morgan fingerprint density at radius 3 is 1.16 bits per heavy atom. The van der Waals surface area contributed by atoms with Crippen LogP contribution in [0.4, 0.5) is 0 Å². The number of methoxy groups -OCH3 is 8. The van der Waals surface area contributed by atoms with E-state index >= 15 is 0 Å². The molecule has 0 saturated heterocycles. The molecule has 5 aromatic rings. The molecule has 0 atom stereocenters. The number of hydrogen-bond acceptors (Lipinski definition) is 10. The highest BCUT2D eigenvalue weighted by Crippen LogP contribution is 2.40. The fourth-order valence-electron chi connectivity index (χ4n) is 6.40. The molecule has 5 rings (SSSR count). The Balaban J connectivity index is 0.000000825. The lowest BCUT2D eigenvalue weighted by Crippen LogP contribution is -2.00. The maximum atomic E-state index is 11.2. The van der Waals surface area contributed by atoms with Crippen LogP contribution in [0.2, 0.25) is 0 Å². The van der Waals surface area contributed by atoms with Gasteiger partial charge in [-0.25, -0.2) is 4.79 Å².